The van der Waals surface area contributed by atoms with E-state index in [9.17, 15) is 9.90 Å². The molecule has 0 aliphatic heterocycles. The maximum absolute atomic E-state index is 10.8. The first-order valence-electron chi connectivity index (χ1n) is 4.53. The van der Waals surface area contributed by atoms with Crippen molar-refractivity contribution in [3.8, 4) is 0 Å². The average molecular weight is 220 g/mol. The first-order valence-corrected chi connectivity index (χ1v) is 4.53. The predicted molar refractivity (Wildman–Crippen MR) is 50.9 cm³/mol. The van der Waals surface area contributed by atoms with Gasteiger partial charge in [0.15, 0.2) is 0 Å². The third kappa shape index (κ3) is 5.48. The van der Waals surface area contributed by atoms with Crippen molar-refractivity contribution in [1.82, 2.24) is 0 Å². The molecule has 0 aromatic heterocycles. The molecule has 0 aromatic rings. The molecule has 0 saturated heterocycles. The molecule has 15 heavy (non-hydrogen) atoms. The van der Waals surface area contributed by atoms with Crippen molar-refractivity contribution in [2.24, 2.45) is 0 Å². The summed E-state index contributed by atoms with van der Waals surface area (Å²) in [5, 5.41) is 35.8. The van der Waals surface area contributed by atoms with E-state index in [-0.39, 0.29) is 6.61 Å². The SMILES string of the molecule is CCOC(=O)/C=C/C(O)C(O)C(O)CO. The summed E-state index contributed by atoms with van der Waals surface area (Å²) in [6.45, 7) is 1.17. The van der Waals surface area contributed by atoms with Crippen LogP contribution in [0.1, 0.15) is 6.92 Å². The van der Waals surface area contributed by atoms with Crippen molar-refractivity contribution in [2.75, 3.05) is 13.2 Å². The number of carbonyl (C=O) groups is 1. The van der Waals surface area contributed by atoms with Crippen LogP contribution in [-0.2, 0) is 9.53 Å². The van der Waals surface area contributed by atoms with Crippen molar-refractivity contribution in [3.63, 3.8) is 0 Å². The van der Waals surface area contributed by atoms with Gasteiger partial charge in [0.25, 0.3) is 0 Å². The van der Waals surface area contributed by atoms with E-state index in [1.807, 2.05) is 0 Å². The molecule has 0 rings (SSSR count). The summed E-state index contributed by atoms with van der Waals surface area (Å²) >= 11 is 0. The maximum Gasteiger partial charge on any atom is 0.330 e. The van der Waals surface area contributed by atoms with Crippen LogP contribution in [0.25, 0.3) is 0 Å². The van der Waals surface area contributed by atoms with Crippen LogP contribution in [0.3, 0.4) is 0 Å². The number of aliphatic hydroxyl groups excluding tert-OH is 4. The lowest BCUT2D eigenvalue weighted by Gasteiger charge is -2.18. The lowest BCUT2D eigenvalue weighted by molar-refractivity contribution is -0.137. The first-order chi connectivity index (χ1) is 7.02. The van der Waals surface area contributed by atoms with Crippen LogP contribution in [-0.4, -0.2) is 57.9 Å². The van der Waals surface area contributed by atoms with Crippen LogP contribution in [0.4, 0.5) is 0 Å². The summed E-state index contributed by atoms with van der Waals surface area (Å²) in [6.07, 6.45) is -2.49. The van der Waals surface area contributed by atoms with Gasteiger partial charge in [0.05, 0.1) is 13.2 Å². The van der Waals surface area contributed by atoms with Gasteiger partial charge in [0.2, 0.25) is 0 Å². The van der Waals surface area contributed by atoms with Crippen LogP contribution in [0.15, 0.2) is 12.2 Å². The average Bonchev–Trinajstić information content (AvgIpc) is 2.24. The summed E-state index contributed by atoms with van der Waals surface area (Å²) in [6, 6.07) is 0. The van der Waals surface area contributed by atoms with E-state index in [4.69, 9.17) is 15.3 Å². The fourth-order valence-corrected chi connectivity index (χ4v) is 0.817. The van der Waals surface area contributed by atoms with E-state index in [0.29, 0.717) is 0 Å². The summed E-state index contributed by atoms with van der Waals surface area (Å²) in [4.78, 5) is 10.8. The van der Waals surface area contributed by atoms with E-state index in [2.05, 4.69) is 4.74 Å². The number of hydrogen-bond acceptors (Lipinski definition) is 6. The molecule has 0 radical (unpaired) electrons. The first kappa shape index (κ1) is 14.1. The minimum absolute atomic E-state index is 0.209. The van der Waals surface area contributed by atoms with Gasteiger partial charge in [-0.3, -0.25) is 0 Å². The van der Waals surface area contributed by atoms with Crippen LogP contribution in [0, 0.1) is 0 Å². The van der Waals surface area contributed by atoms with E-state index in [0.717, 1.165) is 12.2 Å². The highest BCUT2D eigenvalue weighted by atomic mass is 16.5. The normalized spacial score (nSPS) is 17.4. The Balaban J connectivity index is 4.11. The number of aliphatic hydroxyl groups is 4. The highest BCUT2D eigenvalue weighted by Crippen LogP contribution is 2.01. The Morgan fingerprint density at radius 2 is 2.00 bits per heavy atom. The fraction of sp³-hybridized carbons (Fsp3) is 0.667. The molecule has 0 aromatic carbocycles. The molecule has 6 nitrogen and oxygen atoms in total. The largest absolute Gasteiger partial charge is 0.463 e. The third-order valence-corrected chi connectivity index (χ3v) is 1.65. The summed E-state index contributed by atoms with van der Waals surface area (Å²) in [7, 11) is 0. The van der Waals surface area contributed by atoms with E-state index < -0.39 is 30.9 Å². The quantitative estimate of drug-likeness (QED) is 0.310. The fourth-order valence-electron chi connectivity index (χ4n) is 0.817. The van der Waals surface area contributed by atoms with Crippen molar-refractivity contribution in [1.29, 1.82) is 0 Å². The molecular weight excluding hydrogens is 204 g/mol. The molecule has 88 valence electrons. The van der Waals surface area contributed by atoms with Crippen LogP contribution < -0.4 is 0 Å². The smallest absolute Gasteiger partial charge is 0.330 e. The molecule has 0 fully saturated rings. The summed E-state index contributed by atoms with van der Waals surface area (Å²) < 4.78 is 4.53. The highest BCUT2D eigenvalue weighted by Gasteiger charge is 2.21. The Morgan fingerprint density at radius 1 is 1.40 bits per heavy atom. The summed E-state index contributed by atoms with van der Waals surface area (Å²) in [5.41, 5.74) is 0. The topological polar surface area (TPSA) is 107 Å². The molecule has 0 aliphatic carbocycles. The molecule has 3 atom stereocenters. The van der Waals surface area contributed by atoms with Gasteiger partial charge in [0.1, 0.15) is 18.3 Å². The van der Waals surface area contributed by atoms with Crippen LogP contribution in [0.5, 0.6) is 0 Å². The zero-order valence-electron chi connectivity index (χ0n) is 8.41. The van der Waals surface area contributed by atoms with Gasteiger partial charge in [-0.15, -0.1) is 0 Å². The molecule has 0 spiro atoms. The number of hydrogen-bond donors (Lipinski definition) is 4. The number of carbonyl (C=O) groups excluding carboxylic acids is 1. The second-order valence-electron chi connectivity index (χ2n) is 2.84. The minimum Gasteiger partial charge on any atom is -0.463 e. The second-order valence-corrected chi connectivity index (χ2v) is 2.84. The lowest BCUT2D eigenvalue weighted by Crippen LogP contribution is -2.38. The molecular formula is C9H16O6. The van der Waals surface area contributed by atoms with Gasteiger partial charge < -0.3 is 25.2 Å². The number of ether oxygens (including phenoxy) is 1. The van der Waals surface area contributed by atoms with Gasteiger partial charge in [0, 0.05) is 6.08 Å². The molecule has 0 saturated carbocycles. The van der Waals surface area contributed by atoms with Crippen molar-refractivity contribution in [3.05, 3.63) is 12.2 Å². The molecule has 0 bridgehead atoms. The third-order valence-electron chi connectivity index (χ3n) is 1.65. The number of rotatable bonds is 6. The minimum atomic E-state index is -1.54. The highest BCUT2D eigenvalue weighted by molar-refractivity contribution is 5.81. The van der Waals surface area contributed by atoms with Crippen molar-refractivity contribution < 1.29 is 30.0 Å². The Bertz CT molecular complexity index is 215. The Kier molecular flexibility index (Phi) is 6.89. The monoisotopic (exact) mass is 220 g/mol. The van der Waals surface area contributed by atoms with Crippen molar-refractivity contribution >= 4 is 5.97 Å². The van der Waals surface area contributed by atoms with E-state index in [1.54, 1.807) is 6.92 Å². The van der Waals surface area contributed by atoms with Gasteiger partial charge in [-0.1, -0.05) is 0 Å². The molecule has 0 heterocycles. The Hall–Kier alpha value is -0.950. The van der Waals surface area contributed by atoms with E-state index in [1.165, 1.54) is 0 Å². The standard InChI is InChI=1S/C9H16O6/c1-2-15-8(13)4-3-6(11)9(14)7(12)5-10/h3-4,6-7,9-12,14H,2,5H2,1H3/b4-3+. The van der Waals surface area contributed by atoms with Crippen molar-refractivity contribution in [2.45, 2.75) is 25.2 Å². The Labute approximate surface area is 87.4 Å². The van der Waals surface area contributed by atoms with Gasteiger partial charge in [-0.2, -0.15) is 0 Å². The maximum atomic E-state index is 10.8. The molecule has 0 aliphatic rings. The van der Waals surface area contributed by atoms with E-state index >= 15 is 0 Å². The number of esters is 1. The lowest BCUT2D eigenvalue weighted by atomic mass is 10.1. The molecule has 3 unspecified atom stereocenters. The zero-order valence-corrected chi connectivity index (χ0v) is 8.41. The predicted octanol–water partition coefficient (Wildman–Crippen LogP) is -1.82. The molecule has 4 N–H and O–H groups in total. The second kappa shape index (κ2) is 7.36. The van der Waals surface area contributed by atoms with Crippen LogP contribution >= 0.6 is 0 Å². The van der Waals surface area contributed by atoms with Gasteiger partial charge in [-0.05, 0) is 13.0 Å². The summed E-state index contributed by atoms with van der Waals surface area (Å²) in [5.74, 6) is -0.651. The Morgan fingerprint density at radius 3 is 2.47 bits per heavy atom. The van der Waals surface area contributed by atoms with Gasteiger partial charge in [-0.25, -0.2) is 4.79 Å². The zero-order chi connectivity index (χ0) is 11.8. The molecule has 0 amide bonds. The molecule has 6 heteroatoms. The van der Waals surface area contributed by atoms with Crippen LogP contribution in [0.2, 0.25) is 0 Å². The van der Waals surface area contributed by atoms with Gasteiger partial charge >= 0.3 is 5.97 Å².